The van der Waals surface area contributed by atoms with Crippen molar-refractivity contribution in [1.29, 1.82) is 0 Å². The number of rotatable bonds is 8. The van der Waals surface area contributed by atoms with Crippen LogP contribution in [0.2, 0.25) is 10.0 Å². The lowest BCUT2D eigenvalue weighted by Crippen LogP contribution is -2.15. The molecule has 1 amide bonds. The summed E-state index contributed by atoms with van der Waals surface area (Å²) in [7, 11) is 0. The van der Waals surface area contributed by atoms with Gasteiger partial charge >= 0.3 is 0 Å². The van der Waals surface area contributed by atoms with Crippen LogP contribution < -0.4 is 5.32 Å². The van der Waals surface area contributed by atoms with Crippen LogP contribution >= 0.6 is 35.0 Å². The van der Waals surface area contributed by atoms with Crippen molar-refractivity contribution in [2.75, 3.05) is 11.1 Å². The van der Waals surface area contributed by atoms with Gasteiger partial charge in [-0.05, 0) is 37.1 Å². The van der Waals surface area contributed by atoms with E-state index in [2.05, 4.69) is 32.2 Å². The molecule has 0 aliphatic carbocycles. The molecule has 1 N–H and O–H groups in total. The molecular formula is C20H20Cl2N4OS. The highest BCUT2D eigenvalue weighted by Crippen LogP contribution is 2.26. The van der Waals surface area contributed by atoms with Crippen molar-refractivity contribution < 1.29 is 4.79 Å². The molecule has 1 aromatic heterocycles. The summed E-state index contributed by atoms with van der Waals surface area (Å²) in [6.07, 6.45) is 1.71. The van der Waals surface area contributed by atoms with E-state index in [-0.39, 0.29) is 11.7 Å². The molecule has 3 aromatic rings. The summed E-state index contributed by atoms with van der Waals surface area (Å²) in [6.45, 7) is 2.80. The van der Waals surface area contributed by atoms with Gasteiger partial charge in [0.2, 0.25) is 5.91 Å². The molecule has 146 valence electrons. The Morgan fingerprint density at radius 3 is 2.61 bits per heavy atom. The van der Waals surface area contributed by atoms with Gasteiger partial charge < -0.3 is 9.88 Å². The zero-order chi connectivity index (χ0) is 19.9. The Balaban J connectivity index is 1.58. The molecule has 0 saturated heterocycles. The first kappa shape index (κ1) is 20.7. The maximum Gasteiger partial charge on any atom is 0.234 e. The number of aromatic nitrogens is 3. The fraction of sp³-hybridized carbons (Fsp3) is 0.250. The normalized spacial score (nSPS) is 10.8. The molecule has 0 spiro atoms. The highest BCUT2D eigenvalue weighted by Gasteiger charge is 2.14. The molecule has 0 aliphatic heterocycles. The number of amides is 1. The van der Waals surface area contributed by atoms with Crippen molar-refractivity contribution in [1.82, 2.24) is 14.8 Å². The largest absolute Gasteiger partial charge is 0.324 e. The maximum atomic E-state index is 12.3. The van der Waals surface area contributed by atoms with Gasteiger partial charge in [0, 0.05) is 18.0 Å². The van der Waals surface area contributed by atoms with Gasteiger partial charge in [0.05, 0.1) is 16.5 Å². The van der Waals surface area contributed by atoms with Crippen LogP contribution in [0.4, 0.5) is 5.69 Å². The van der Waals surface area contributed by atoms with Crippen LogP contribution in [-0.4, -0.2) is 26.4 Å². The average molecular weight is 435 g/mol. The third-order valence-corrected chi connectivity index (χ3v) is 5.64. The quantitative estimate of drug-likeness (QED) is 0.499. The molecule has 3 rings (SSSR count). The molecule has 1 heterocycles. The number of thioether (sulfide) groups is 1. The number of hydrogen-bond acceptors (Lipinski definition) is 4. The minimum atomic E-state index is -0.161. The predicted molar refractivity (Wildman–Crippen MR) is 115 cm³/mol. The standard InChI is InChI=1S/C20H20Cl2N4OS/c1-2-26-18(11-8-14-6-4-3-5-7-14)24-25-20(26)28-13-19(27)23-17-10-9-15(21)12-16(17)22/h3-7,9-10,12H,2,8,11,13H2,1H3,(H,23,27). The first-order chi connectivity index (χ1) is 13.6. The highest BCUT2D eigenvalue weighted by atomic mass is 35.5. The number of nitrogens with zero attached hydrogens (tertiary/aromatic N) is 3. The Hall–Kier alpha value is -2.02. The molecule has 0 unspecified atom stereocenters. The van der Waals surface area contributed by atoms with Gasteiger partial charge in [0.15, 0.2) is 5.16 Å². The summed E-state index contributed by atoms with van der Waals surface area (Å²) in [5.74, 6) is 0.983. The van der Waals surface area contributed by atoms with E-state index in [9.17, 15) is 4.79 Å². The number of carbonyl (C=O) groups excluding carboxylic acids is 1. The van der Waals surface area contributed by atoms with Crippen LogP contribution in [0.15, 0.2) is 53.7 Å². The van der Waals surface area contributed by atoms with E-state index in [1.165, 1.54) is 17.3 Å². The van der Waals surface area contributed by atoms with Gasteiger partial charge in [-0.1, -0.05) is 65.3 Å². The predicted octanol–water partition coefficient (Wildman–Crippen LogP) is 5.12. The molecule has 0 atom stereocenters. The van der Waals surface area contributed by atoms with E-state index in [0.29, 0.717) is 15.7 Å². The molecule has 8 heteroatoms. The average Bonchev–Trinajstić information content (AvgIpc) is 3.09. The van der Waals surface area contributed by atoms with Gasteiger partial charge in [0.1, 0.15) is 5.82 Å². The molecule has 2 aromatic carbocycles. The molecular weight excluding hydrogens is 415 g/mol. The monoisotopic (exact) mass is 434 g/mol. The van der Waals surface area contributed by atoms with Crippen molar-refractivity contribution >= 4 is 46.6 Å². The Morgan fingerprint density at radius 1 is 1.11 bits per heavy atom. The van der Waals surface area contributed by atoms with Crippen molar-refractivity contribution in [3.05, 3.63) is 70.0 Å². The van der Waals surface area contributed by atoms with E-state index in [0.717, 1.165) is 30.4 Å². The molecule has 0 bridgehead atoms. The number of aryl methyl sites for hydroxylation is 2. The van der Waals surface area contributed by atoms with Gasteiger partial charge in [-0.2, -0.15) is 0 Å². The van der Waals surface area contributed by atoms with Crippen LogP contribution in [-0.2, 0) is 24.2 Å². The zero-order valence-electron chi connectivity index (χ0n) is 15.4. The van der Waals surface area contributed by atoms with E-state index in [4.69, 9.17) is 23.2 Å². The van der Waals surface area contributed by atoms with E-state index in [1.807, 2.05) is 25.1 Å². The van der Waals surface area contributed by atoms with E-state index < -0.39 is 0 Å². The van der Waals surface area contributed by atoms with Crippen molar-refractivity contribution in [2.45, 2.75) is 31.5 Å². The first-order valence-corrected chi connectivity index (χ1v) is 10.6. The van der Waals surface area contributed by atoms with Crippen molar-refractivity contribution in [3.8, 4) is 0 Å². The second-order valence-electron chi connectivity index (χ2n) is 6.09. The molecule has 0 radical (unpaired) electrons. The minimum absolute atomic E-state index is 0.161. The van der Waals surface area contributed by atoms with Gasteiger partial charge in [-0.15, -0.1) is 10.2 Å². The van der Waals surface area contributed by atoms with Crippen LogP contribution in [0.5, 0.6) is 0 Å². The third kappa shape index (κ3) is 5.50. The summed E-state index contributed by atoms with van der Waals surface area (Å²) in [5.41, 5.74) is 1.80. The Morgan fingerprint density at radius 2 is 1.89 bits per heavy atom. The lowest BCUT2D eigenvalue weighted by molar-refractivity contribution is -0.113. The van der Waals surface area contributed by atoms with Gasteiger partial charge in [-0.3, -0.25) is 4.79 Å². The first-order valence-electron chi connectivity index (χ1n) is 8.90. The van der Waals surface area contributed by atoms with Crippen LogP contribution in [0.3, 0.4) is 0 Å². The summed E-state index contributed by atoms with van der Waals surface area (Å²) >= 11 is 13.3. The Bertz CT molecular complexity index is 947. The molecule has 0 saturated carbocycles. The van der Waals surface area contributed by atoms with Crippen molar-refractivity contribution in [2.24, 2.45) is 0 Å². The molecule has 0 fully saturated rings. The summed E-state index contributed by atoms with van der Waals surface area (Å²) < 4.78 is 2.05. The minimum Gasteiger partial charge on any atom is -0.324 e. The fourth-order valence-electron chi connectivity index (χ4n) is 2.74. The lowest BCUT2D eigenvalue weighted by Gasteiger charge is -2.09. The van der Waals surface area contributed by atoms with Crippen LogP contribution in [0.25, 0.3) is 0 Å². The number of carbonyl (C=O) groups is 1. The number of nitrogens with one attached hydrogen (secondary N) is 1. The number of hydrogen-bond donors (Lipinski definition) is 1. The Kier molecular flexibility index (Phi) is 7.36. The maximum absolute atomic E-state index is 12.3. The molecule has 28 heavy (non-hydrogen) atoms. The highest BCUT2D eigenvalue weighted by molar-refractivity contribution is 7.99. The second-order valence-corrected chi connectivity index (χ2v) is 7.88. The number of benzene rings is 2. The third-order valence-electron chi connectivity index (χ3n) is 4.13. The van der Waals surface area contributed by atoms with Gasteiger partial charge in [0.25, 0.3) is 0 Å². The van der Waals surface area contributed by atoms with Gasteiger partial charge in [-0.25, -0.2) is 0 Å². The number of anilines is 1. The molecule has 5 nitrogen and oxygen atoms in total. The van der Waals surface area contributed by atoms with Crippen LogP contribution in [0, 0.1) is 0 Å². The SMILES string of the molecule is CCn1c(CCc2ccccc2)nnc1SCC(=O)Nc1ccc(Cl)cc1Cl. The van der Waals surface area contributed by atoms with Crippen molar-refractivity contribution in [3.63, 3.8) is 0 Å². The Labute approximate surface area is 178 Å². The topological polar surface area (TPSA) is 59.8 Å². The summed E-state index contributed by atoms with van der Waals surface area (Å²) in [5, 5.41) is 13.0. The smallest absolute Gasteiger partial charge is 0.234 e. The molecule has 0 aliphatic rings. The van der Waals surface area contributed by atoms with E-state index in [1.54, 1.807) is 18.2 Å². The zero-order valence-corrected chi connectivity index (χ0v) is 17.7. The fourth-order valence-corrected chi connectivity index (χ4v) is 4.01. The second kappa shape index (κ2) is 9.96. The number of halogens is 2. The van der Waals surface area contributed by atoms with E-state index >= 15 is 0 Å². The lowest BCUT2D eigenvalue weighted by atomic mass is 10.1. The summed E-state index contributed by atoms with van der Waals surface area (Å²) in [6, 6.07) is 15.3. The summed E-state index contributed by atoms with van der Waals surface area (Å²) in [4.78, 5) is 12.3. The van der Waals surface area contributed by atoms with Crippen LogP contribution in [0.1, 0.15) is 18.3 Å².